The summed E-state index contributed by atoms with van der Waals surface area (Å²) in [7, 11) is 0. The Labute approximate surface area is 122 Å². The van der Waals surface area contributed by atoms with E-state index in [1.807, 2.05) is 13.0 Å². The van der Waals surface area contributed by atoms with Crippen LogP contribution in [0.3, 0.4) is 0 Å². The van der Waals surface area contributed by atoms with Crippen molar-refractivity contribution in [3.05, 3.63) is 23.0 Å². The van der Waals surface area contributed by atoms with Crippen molar-refractivity contribution in [2.75, 3.05) is 5.88 Å². The number of hydrogen-bond donors (Lipinski definition) is 0. The van der Waals surface area contributed by atoms with E-state index in [1.165, 1.54) is 44.2 Å². The number of aryl methyl sites for hydroxylation is 1. The van der Waals surface area contributed by atoms with Crippen LogP contribution in [0, 0.1) is 13.8 Å². The Hall–Kier alpha value is -0.760. The number of nitrogens with zero attached hydrogens (tertiary/aromatic N) is 1. The fraction of sp³-hybridized carbons (Fsp3) is 0.688. The van der Waals surface area contributed by atoms with Crippen molar-refractivity contribution in [2.45, 2.75) is 65.8 Å². The SMILES string of the molecule is CCCCCCCCn1c(C)cc(C(=O)CCl)c1C. The number of rotatable bonds is 9. The normalized spacial score (nSPS) is 10.9. The van der Waals surface area contributed by atoms with E-state index in [4.69, 9.17) is 11.6 Å². The van der Waals surface area contributed by atoms with Gasteiger partial charge in [-0.25, -0.2) is 0 Å². The zero-order chi connectivity index (χ0) is 14.3. The van der Waals surface area contributed by atoms with E-state index in [2.05, 4.69) is 18.4 Å². The minimum absolute atomic E-state index is 0.0314. The Bertz CT molecular complexity index is 409. The van der Waals surface area contributed by atoms with Crippen molar-refractivity contribution >= 4 is 17.4 Å². The van der Waals surface area contributed by atoms with Gasteiger partial charge in [0.15, 0.2) is 5.78 Å². The van der Waals surface area contributed by atoms with Crippen LogP contribution in [0.4, 0.5) is 0 Å². The number of unbranched alkanes of at least 4 members (excludes halogenated alkanes) is 5. The first-order valence-electron chi connectivity index (χ1n) is 7.37. The molecule has 0 bridgehead atoms. The second-order valence-corrected chi connectivity index (χ2v) is 5.53. The molecule has 0 spiro atoms. The van der Waals surface area contributed by atoms with Gasteiger partial charge in [0, 0.05) is 23.5 Å². The molecule has 0 N–H and O–H groups in total. The predicted octanol–water partition coefficient (Wildman–Crippen LogP) is 4.89. The van der Waals surface area contributed by atoms with E-state index in [-0.39, 0.29) is 11.7 Å². The monoisotopic (exact) mass is 283 g/mol. The lowest BCUT2D eigenvalue weighted by molar-refractivity contribution is 0.102. The fourth-order valence-electron chi connectivity index (χ4n) is 2.55. The zero-order valence-electron chi connectivity index (χ0n) is 12.5. The Balaban J connectivity index is 2.50. The van der Waals surface area contributed by atoms with E-state index in [9.17, 15) is 4.79 Å². The van der Waals surface area contributed by atoms with Crippen LogP contribution >= 0.6 is 11.6 Å². The summed E-state index contributed by atoms with van der Waals surface area (Å²) in [4.78, 5) is 11.7. The summed E-state index contributed by atoms with van der Waals surface area (Å²) in [5.74, 6) is 0.102. The molecule has 1 heterocycles. The Morgan fingerprint density at radius 3 is 2.42 bits per heavy atom. The minimum Gasteiger partial charge on any atom is -0.348 e. The molecule has 1 rings (SSSR count). The van der Waals surface area contributed by atoms with Crippen LogP contribution in [0.1, 0.15) is 67.2 Å². The molecule has 0 saturated carbocycles. The third kappa shape index (κ3) is 4.68. The molecule has 0 fully saturated rings. The number of alkyl halides is 1. The van der Waals surface area contributed by atoms with Crippen molar-refractivity contribution in [2.24, 2.45) is 0 Å². The van der Waals surface area contributed by atoms with Gasteiger partial charge in [-0.1, -0.05) is 39.0 Å². The van der Waals surface area contributed by atoms with Gasteiger partial charge in [0.1, 0.15) is 0 Å². The van der Waals surface area contributed by atoms with Crippen LogP contribution in [0.2, 0.25) is 0 Å². The summed E-state index contributed by atoms with van der Waals surface area (Å²) in [6, 6.07) is 1.97. The molecule has 0 aliphatic rings. The quantitative estimate of drug-likeness (QED) is 0.359. The molecule has 3 heteroatoms. The largest absolute Gasteiger partial charge is 0.348 e. The van der Waals surface area contributed by atoms with Gasteiger partial charge in [-0.3, -0.25) is 4.79 Å². The van der Waals surface area contributed by atoms with Gasteiger partial charge >= 0.3 is 0 Å². The second-order valence-electron chi connectivity index (χ2n) is 5.26. The molecule has 19 heavy (non-hydrogen) atoms. The van der Waals surface area contributed by atoms with E-state index in [0.717, 1.165) is 17.8 Å². The van der Waals surface area contributed by atoms with E-state index < -0.39 is 0 Å². The second kappa shape index (κ2) is 8.42. The number of aromatic nitrogens is 1. The number of halogens is 1. The number of ketones is 1. The average Bonchev–Trinajstić information content (AvgIpc) is 2.69. The topological polar surface area (TPSA) is 22.0 Å². The van der Waals surface area contributed by atoms with E-state index in [1.54, 1.807) is 0 Å². The van der Waals surface area contributed by atoms with E-state index in [0.29, 0.717) is 0 Å². The van der Waals surface area contributed by atoms with Crippen LogP contribution in [0.15, 0.2) is 6.07 Å². The summed E-state index contributed by atoms with van der Waals surface area (Å²) in [6.45, 7) is 7.33. The molecule has 0 unspecified atom stereocenters. The Kier molecular flexibility index (Phi) is 7.22. The first kappa shape index (κ1) is 16.3. The molecule has 2 nitrogen and oxygen atoms in total. The average molecular weight is 284 g/mol. The molecular formula is C16H26ClNO. The van der Waals surface area contributed by atoms with Crippen LogP contribution < -0.4 is 0 Å². The standard InChI is InChI=1S/C16H26ClNO/c1-4-5-6-7-8-9-10-18-13(2)11-15(14(18)3)16(19)12-17/h11H,4-10,12H2,1-3H3. The summed E-state index contributed by atoms with van der Waals surface area (Å²) >= 11 is 5.64. The van der Waals surface area contributed by atoms with Crippen molar-refractivity contribution < 1.29 is 4.79 Å². The maximum Gasteiger partial charge on any atom is 0.179 e. The highest BCUT2D eigenvalue weighted by atomic mass is 35.5. The number of hydrogen-bond acceptors (Lipinski definition) is 1. The van der Waals surface area contributed by atoms with Crippen molar-refractivity contribution in [3.8, 4) is 0 Å². The molecule has 0 saturated heterocycles. The molecule has 0 aliphatic heterocycles. The van der Waals surface area contributed by atoms with Crippen LogP contribution in [0.5, 0.6) is 0 Å². The highest BCUT2D eigenvalue weighted by Crippen LogP contribution is 2.17. The van der Waals surface area contributed by atoms with Crippen LogP contribution in [0.25, 0.3) is 0 Å². The van der Waals surface area contributed by atoms with E-state index >= 15 is 0 Å². The highest BCUT2D eigenvalue weighted by molar-refractivity contribution is 6.30. The lowest BCUT2D eigenvalue weighted by Crippen LogP contribution is -2.06. The molecule has 0 radical (unpaired) electrons. The van der Waals surface area contributed by atoms with Gasteiger partial charge in [0.25, 0.3) is 0 Å². The first-order chi connectivity index (χ1) is 9.11. The van der Waals surface area contributed by atoms with Gasteiger partial charge in [-0.2, -0.15) is 0 Å². The minimum atomic E-state index is 0.0314. The zero-order valence-corrected chi connectivity index (χ0v) is 13.2. The van der Waals surface area contributed by atoms with Crippen LogP contribution in [-0.2, 0) is 6.54 Å². The molecular weight excluding hydrogens is 258 g/mol. The molecule has 0 atom stereocenters. The van der Waals surface area contributed by atoms with Gasteiger partial charge in [-0.05, 0) is 26.3 Å². The summed E-state index contributed by atoms with van der Waals surface area (Å²) < 4.78 is 2.25. The molecule has 1 aromatic heterocycles. The van der Waals surface area contributed by atoms with Gasteiger partial charge in [0.2, 0.25) is 0 Å². The molecule has 108 valence electrons. The molecule has 0 aliphatic carbocycles. The smallest absolute Gasteiger partial charge is 0.179 e. The third-order valence-electron chi connectivity index (χ3n) is 3.73. The summed E-state index contributed by atoms with van der Waals surface area (Å²) in [6.07, 6.45) is 7.76. The van der Waals surface area contributed by atoms with Gasteiger partial charge < -0.3 is 4.57 Å². The van der Waals surface area contributed by atoms with Crippen molar-refractivity contribution in [3.63, 3.8) is 0 Å². The summed E-state index contributed by atoms with van der Waals surface area (Å²) in [5.41, 5.74) is 3.02. The highest BCUT2D eigenvalue weighted by Gasteiger charge is 2.14. The maximum atomic E-state index is 11.7. The predicted molar refractivity (Wildman–Crippen MR) is 82.3 cm³/mol. The number of Topliss-reactive ketones (excluding diaryl/α,β-unsaturated/α-hetero) is 1. The van der Waals surface area contributed by atoms with Crippen molar-refractivity contribution in [1.82, 2.24) is 4.57 Å². The maximum absolute atomic E-state index is 11.7. The van der Waals surface area contributed by atoms with Gasteiger partial charge in [-0.15, -0.1) is 11.6 Å². The number of carbonyl (C=O) groups excluding carboxylic acids is 1. The molecule has 0 aromatic carbocycles. The molecule has 0 amide bonds. The number of carbonyl (C=O) groups is 1. The first-order valence-corrected chi connectivity index (χ1v) is 7.91. The lowest BCUT2D eigenvalue weighted by atomic mass is 10.1. The fourth-order valence-corrected chi connectivity index (χ4v) is 2.69. The van der Waals surface area contributed by atoms with Crippen molar-refractivity contribution in [1.29, 1.82) is 0 Å². The Morgan fingerprint density at radius 1 is 1.16 bits per heavy atom. The third-order valence-corrected chi connectivity index (χ3v) is 3.97. The van der Waals surface area contributed by atoms with Crippen LogP contribution in [-0.4, -0.2) is 16.2 Å². The lowest BCUT2D eigenvalue weighted by Gasteiger charge is -2.09. The molecule has 1 aromatic rings. The Morgan fingerprint density at radius 2 is 1.79 bits per heavy atom. The van der Waals surface area contributed by atoms with Gasteiger partial charge in [0.05, 0.1) is 5.88 Å². The summed E-state index contributed by atoms with van der Waals surface area (Å²) in [5, 5.41) is 0.